The molecule has 1 amide bonds. The van der Waals surface area contributed by atoms with Crippen molar-refractivity contribution in [2.24, 2.45) is 5.41 Å². The molecule has 3 fully saturated rings. The van der Waals surface area contributed by atoms with E-state index in [1.807, 2.05) is 31.4 Å². The van der Waals surface area contributed by atoms with Gasteiger partial charge in [0.15, 0.2) is 11.5 Å². The lowest BCUT2D eigenvalue weighted by Gasteiger charge is -2.54. The molecule has 0 atom stereocenters. The summed E-state index contributed by atoms with van der Waals surface area (Å²) in [5.41, 5.74) is 1.98. The van der Waals surface area contributed by atoms with E-state index in [9.17, 15) is 18.0 Å². The molecule has 13 heteroatoms. The van der Waals surface area contributed by atoms with Gasteiger partial charge < -0.3 is 19.3 Å². The van der Waals surface area contributed by atoms with Crippen molar-refractivity contribution < 1.29 is 27.4 Å². The smallest absolute Gasteiger partial charge is 0.416 e. The lowest BCUT2D eigenvalue weighted by atomic mass is 9.73. The standard InChI is InChI=1S/C32H40F3IN6O3/c1-21-22(7-5-8-23(21)32(33,34)35)15-26-25(37-28-24(36)16-27(38-42(26)28)40-11-13-44-14-12-40)17-39-10-6-9-31(18-39)19-41(20-31)29(43)45-30(2,3)4/h5,7-8,16H,6,9-15,17-20H2,1-4H3. The average molecular weight is 741 g/mol. The van der Waals surface area contributed by atoms with Crippen LogP contribution in [0.2, 0.25) is 0 Å². The summed E-state index contributed by atoms with van der Waals surface area (Å²) in [4.78, 5) is 24.0. The topological polar surface area (TPSA) is 75.4 Å². The van der Waals surface area contributed by atoms with Gasteiger partial charge in [0, 0.05) is 51.1 Å². The first kappa shape index (κ1) is 32.3. The Kier molecular flexibility index (Phi) is 8.74. The van der Waals surface area contributed by atoms with Gasteiger partial charge in [0.1, 0.15) is 5.60 Å². The molecule has 5 heterocycles. The molecule has 0 bridgehead atoms. The van der Waals surface area contributed by atoms with Gasteiger partial charge in [0.05, 0.1) is 33.7 Å². The van der Waals surface area contributed by atoms with Gasteiger partial charge in [0.2, 0.25) is 0 Å². The molecule has 3 saturated heterocycles. The van der Waals surface area contributed by atoms with Crippen LogP contribution in [0.3, 0.4) is 0 Å². The van der Waals surface area contributed by atoms with Gasteiger partial charge in [-0.05, 0) is 92.9 Å². The Balaban J connectivity index is 1.31. The monoisotopic (exact) mass is 740 g/mol. The number of aromatic nitrogens is 3. The first-order chi connectivity index (χ1) is 21.2. The number of carbonyl (C=O) groups is 1. The Hall–Kier alpha value is -2.65. The minimum absolute atomic E-state index is 0.00226. The Labute approximate surface area is 275 Å². The zero-order valence-corrected chi connectivity index (χ0v) is 28.4. The van der Waals surface area contributed by atoms with Crippen molar-refractivity contribution in [3.63, 3.8) is 0 Å². The van der Waals surface area contributed by atoms with Crippen molar-refractivity contribution in [2.45, 2.75) is 65.3 Å². The van der Waals surface area contributed by atoms with E-state index in [0.717, 1.165) is 52.8 Å². The zero-order chi connectivity index (χ0) is 32.1. The number of likely N-dealkylation sites (tertiary alicyclic amines) is 2. The molecule has 3 aliphatic heterocycles. The summed E-state index contributed by atoms with van der Waals surface area (Å²) in [6, 6.07) is 6.40. The van der Waals surface area contributed by atoms with E-state index in [1.54, 1.807) is 17.9 Å². The Morgan fingerprint density at radius 1 is 1.11 bits per heavy atom. The van der Waals surface area contributed by atoms with E-state index < -0.39 is 17.3 Å². The third-order valence-electron chi connectivity index (χ3n) is 8.96. The number of ether oxygens (including phenoxy) is 2. The van der Waals surface area contributed by atoms with Crippen LogP contribution >= 0.6 is 22.6 Å². The van der Waals surface area contributed by atoms with E-state index in [4.69, 9.17) is 19.6 Å². The van der Waals surface area contributed by atoms with Crippen molar-refractivity contribution in [3.05, 3.63) is 55.9 Å². The molecule has 244 valence electrons. The zero-order valence-electron chi connectivity index (χ0n) is 26.2. The van der Waals surface area contributed by atoms with Gasteiger partial charge in [-0.25, -0.2) is 14.3 Å². The Bertz CT molecular complexity index is 1570. The number of halogens is 4. The number of rotatable bonds is 5. The fraction of sp³-hybridized carbons (Fsp3) is 0.594. The van der Waals surface area contributed by atoms with E-state index in [2.05, 4.69) is 32.4 Å². The summed E-state index contributed by atoms with van der Waals surface area (Å²) in [7, 11) is 0. The summed E-state index contributed by atoms with van der Waals surface area (Å²) in [6.07, 6.45) is -2.41. The van der Waals surface area contributed by atoms with Crippen molar-refractivity contribution in [2.75, 3.05) is 57.4 Å². The van der Waals surface area contributed by atoms with Crippen LogP contribution in [-0.4, -0.2) is 88.6 Å². The molecule has 0 aliphatic carbocycles. The molecule has 0 N–H and O–H groups in total. The maximum absolute atomic E-state index is 13.8. The van der Waals surface area contributed by atoms with Crippen molar-refractivity contribution in [1.82, 2.24) is 24.4 Å². The molecule has 0 radical (unpaired) electrons. The number of morpholine rings is 1. The predicted molar refractivity (Wildman–Crippen MR) is 172 cm³/mol. The van der Waals surface area contributed by atoms with Crippen molar-refractivity contribution in [3.8, 4) is 0 Å². The third-order valence-corrected chi connectivity index (χ3v) is 9.76. The van der Waals surface area contributed by atoms with Crippen LogP contribution in [0.15, 0.2) is 24.3 Å². The maximum atomic E-state index is 13.8. The normalized spacial score (nSPS) is 19.3. The Morgan fingerprint density at radius 2 is 1.84 bits per heavy atom. The highest BCUT2D eigenvalue weighted by atomic mass is 127. The fourth-order valence-electron chi connectivity index (χ4n) is 6.81. The second kappa shape index (κ2) is 12.2. The minimum Gasteiger partial charge on any atom is -0.444 e. The molecule has 2 aromatic heterocycles. The highest BCUT2D eigenvalue weighted by Gasteiger charge is 2.48. The molecule has 6 rings (SSSR count). The number of alkyl halides is 3. The van der Waals surface area contributed by atoms with Crippen LogP contribution in [0, 0.1) is 15.9 Å². The summed E-state index contributed by atoms with van der Waals surface area (Å²) in [5.74, 6) is 0.801. The molecule has 3 aliphatic rings. The molecule has 0 unspecified atom stereocenters. The number of imidazole rings is 1. The second-order valence-electron chi connectivity index (χ2n) is 13.6. The van der Waals surface area contributed by atoms with Gasteiger partial charge in [-0.15, -0.1) is 5.10 Å². The van der Waals surface area contributed by atoms with Gasteiger partial charge in [-0.1, -0.05) is 12.1 Å². The van der Waals surface area contributed by atoms with E-state index in [0.29, 0.717) is 57.1 Å². The van der Waals surface area contributed by atoms with E-state index in [1.165, 1.54) is 6.07 Å². The van der Waals surface area contributed by atoms with Crippen LogP contribution < -0.4 is 4.90 Å². The summed E-state index contributed by atoms with van der Waals surface area (Å²) in [6.45, 7) is 13.4. The number of hydrogen-bond acceptors (Lipinski definition) is 7. The molecule has 0 saturated carbocycles. The number of carbonyl (C=O) groups excluding carboxylic acids is 1. The van der Waals surface area contributed by atoms with Crippen LogP contribution in [-0.2, 0) is 28.6 Å². The molecule has 3 aromatic rings. The first-order valence-corrected chi connectivity index (χ1v) is 16.5. The number of benzene rings is 1. The SMILES string of the molecule is Cc1c(Cc2c(CN3CCCC4(C3)CN(C(=O)OC(C)(C)C)C4)nc3c(I)cc(N4CCOCC4)nn23)cccc1C(F)(F)F. The number of hydrogen-bond donors (Lipinski definition) is 0. The van der Waals surface area contributed by atoms with E-state index >= 15 is 0 Å². The largest absolute Gasteiger partial charge is 0.444 e. The van der Waals surface area contributed by atoms with Crippen LogP contribution in [0.25, 0.3) is 5.65 Å². The number of fused-ring (bicyclic) bond motifs is 1. The molecule has 45 heavy (non-hydrogen) atoms. The van der Waals surface area contributed by atoms with Crippen molar-refractivity contribution in [1.29, 1.82) is 0 Å². The number of piperidine rings is 1. The lowest BCUT2D eigenvalue weighted by molar-refractivity contribution is -0.138. The lowest BCUT2D eigenvalue weighted by Crippen LogP contribution is -2.64. The second-order valence-corrected chi connectivity index (χ2v) is 14.8. The molecular formula is C32H40F3IN6O3. The van der Waals surface area contributed by atoms with Crippen LogP contribution in [0.4, 0.5) is 23.8 Å². The summed E-state index contributed by atoms with van der Waals surface area (Å²) < 4.78 is 55.4. The molecule has 9 nitrogen and oxygen atoms in total. The number of amides is 1. The summed E-state index contributed by atoms with van der Waals surface area (Å²) >= 11 is 2.28. The van der Waals surface area contributed by atoms with Crippen molar-refractivity contribution >= 4 is 40.1 Å². The summed E-state index contributed by atoms with van der Waals surface area (Å²) in [5, 5.41) is 5.01. The number of anilines is 1. The van der Waals surface area contributed by atoms with Gasteiger partial charge in [-0.3, -0.25) is 4.90 Å². The molecule has 1 aromatic carbocycles. The Morgan fingerprint density at radius 3 is 2.53 bits per heavy atom. The predicted octanol–water partition coefficient (Wildman–Crippen LogP) is 5.92. The van der Waals surface area contributed by atoms with Crippen LogP contribution in [0.5, 0.6) is 0 Å². The number of nitrogens with zero attached hydrogens (tertiary/aromatic N) is 6. The molecular weight excluding hydrogens is 700 g/mol. The van der Waals surface area contributed by atoms with Crippen LogP contribution in [0.1, 0.15) is 61.7 Å². The highest BCUT2D eigenvalue weighted by molar-refractivity contribution is 14.1. The minimum atomic E-state index is -4.43. The highest BCUT2D eigenvalue weighted by Crippen LogP contribution is 2.40. The van der Waals surface area contributed by atoms with Gasteiger partial charge in [-0.2, -0.15) is 13.2 Å². The van der Waals surface area contributed by atoms with Gasteiger partial charge in [0.25, 0.3) is 0 Å². The molecule has 1 spiro atoms. The maximum Gasteiger partial charge on any atom is 0.416 e. The van der Waals surface area contributed by atoms with E-state index in [-0.39, 0.29) is 23.5 Å². The fourth-order valence-corrected chi connectivity index (χ4v) is 7.44. The first-order valence-electron chi connectivity index (χ1n) is 15.5. The third kappa shape index (κ3) is 6.90. The van der Waals surface area contributed by atoms with Gasteiger partial charge >= 0.3 is 12.3 Å². The average Bonchev–Trinajstić information content (AvgIpc) is 3.29. The quantitative estimate of drug-likeness (QED) is 0.301.